The minimum absolute atomic E-state index is 0.412. The van der Waals surface area contributed by atoms with Crippen molar-refractivity contribution in [3.63, 3.8) is 0 Å². The SMILES string of the molecule is CC[C@H]1CN2CCc3cc(OC)c(OC)cc3[C@@H]2C[C@@H]1C[C@H]1NCCc2c1[nH]c1ccccc21. The van der Waals surface area contributed by atoms with Crippen molar-refractivity contribution in [2.45, 2.75) is 51.1 Å². The lowest BCUT2D eigenvalue weighted by molar-refractivity contribution is 0.0433. The first kappa shape index (κ1) is 22.0. The molecule has 0 aliphatic carbocycles. The molecule has 5 nitrogen and oxygen atoms in total. The molecule has 1 saturated heterocycles. The molecule has 4 atom stereocenters. The Kier molecular flexibility index (Phi) is 5.78. The van der Waals surface area contributed by atoms with Crippen molar-refractivity contribution in [1.29, 1.82) is 0 Å². The molecule has 0 unspecified atom stereocenters. The Balaban J connectivity index is 1.30. The second-order valence-electron chi connectivity index (χ2n) is 10.4. The molecule has 2 aromatic carbocycles. The molecular formula is C29H37N3O2. The molecular weight excluding hydrogens is 422 g/mol. The summed E-state index contributed by atoms with van der Waals surface area (Å²) in [5.74, 6) is 3.15. The van der Waals surface area contributed by atoms with Gasteiger partial charge in [-0.1, -0.05) is 31.5 Å². The van der Waals surface area contributed by atoms with Crippen molar-refractivity contribution in [1.82, 2.24) is 15.2 Å². The molecule has 3 aromatic rings. The Hall–Kier alpha value is -2.50. The monoisotopic (exact) mass is 459 g/mol. The van der Waals surface area contributed by atoms with E-state index in [-0.39, 0.29) is 0 Å². The van der Waals surface area contributed by atoms with Crippen LogP contribution in [-0.4, -0.2) is 43.7 Å². The van der Waals surface area contributed by atoms with Crippen molar-refractivity contribution < 1.29 is 9.47 Å². The van der Waals surface area contributed by atoms with Crippen LogP contribution >= 0.6 is 0 Å². The molecule has 3 aliphatic heterocycles. The molecule has 6 rings (SSSR count). The van der Waals surface area contributed by atoms with Crippen molar-refractivity contribution in [2.75, 3.05) is 33.9 Å². The first-order chi connectivity index (χ1) is 16.7. The minimum atomic E-state index is 0.412. The van der Waals surface area contributed by atoms with Crippen LogP contribution in [0, 0.1) is 11.8 Å². The van der Waals surface area contributed by atoms with Gasteiger partial charge in [0.05, 0.1) is 14.2 Å². The lowest BCUT2D eigenvalue weighted by Crippen LogP contribution is -2.46. The molecule has 34 heavy (non-hydrogen) atoms. The lowest BCUT2D eigenvalue weighted by Gasteiger charge is -2.48. The number of hydrogen-bond acceptors (Lipinski definition) is 4. The molecule has 5 heteroatoms. The molecule has 0 spiro atoms. The first-order valence-electron chi connectivity index (χ1n) is 13.0. The topological polar surface area (TPSA) is 49.5 Å². The summed E-state index contributed by atoms with van der Waals surface area (Å²) in [5, 5.41) is 5.28. The zero-order valence-electron chi connectivity index (χ0n) is 20.7. The van der Waals surface area contributed by atoms with E-state index in [1.54, 1.807) is 14.2 Å². The molecule has 0 saturated carbocycles. The second kappa shape index (κ2) is 8.94. The Bertz CT molecular complexity index is 1190. The highest BCUT2D eigenvalue weighted by atomic mass is 16.5. The summed E-state index contributed by atoms with van der Waals surface area (Å²) >= 11 is 0. The van der Waals surface area contributed by atoms with Crippen molar-refractivity contribution in [2.24, 2.45) is 11.8 Å². The minimum Gasteiger partial charge on any atom is -0.493 e. The maximum absolute atomic E-state index is 5.68. The predicted molar refractivity (Wildman–Crippen MR) is 137 cm³/mol. The largest absolute Gasteiger partial charge is 0.493 e. The van der Waals surface area contributed by atoms with Crippen LogP contribution in [-0.2, 0) is 12.8 Å². The van der Waals surface area contributed by atoms with E-state index >= 15 is 0 Å². The van der Waals surface area contributed by atoms with Gasteiger partial charge in [-0.2, -0.15) is 0 Å². The zero-order valence-corrected chi connectivity index (χ0v) is 20.7. The molecule has 180 valence electrons. The summed E-state index contributed by atoms with van der Waals surface area (Å²) in [7, 11) is 3.48. The third-order valence-corrected chi connectivity index (χ3v) is 8.80. The standard InChI is InChI=1S/C29H37N3O2/c1-4-18-17-32-12-10-19-15-27(33-2)28(34-3)16-23(19)26(32)14-20(18)13-25-29-22(9-11-30-25)21-7-5-6-8-24(21)31-29/h5-8,15-16,18,20,25-26,30-31H,4,9-14,17H2,1-3H3/t18-,20-,25+,26-/m0/s1. The number of H-pyrrole nitrogens is 1. The average Bonchev–Trinajstić information content (AvgIpc) is 3.27. The lowest BCUT2D eigenvalue weighted by atomic mass is 9.73. The van der Waals surface area contributed by atoms with Crippen LogP contribution < -0.4 is 14.8 Å². The number of rotatable bonds is 5. The highest BCUT2D eigenvalue weighted by Gasteiger charge is 2.40. The van der Waals surface area contributed by atoms with E-state index in [0.29, 0.717) is 18.0 Å². The van der Waals surface area contributed by atoms with Crippen molar-refractivity contribution in [3.8, 4) is 11.5 Å². The van der Waals surface area contributed by atoms with Gasteiger partial charge in [0.25, 0.3) is 0 Å². The average molecular weight is 460 g/mol. The molecule has 0 amide bonds. The van der Waals surface area contributed by atoms with E-state index in [4.69, 9.17) is 9.47 Å². The summed E-state index contributed by atoms with van der Waals surface area (Å²) in [5.41, 5.74) is 7.13. The van der Waals surface area contributed by atoms with Gasteiger partial charge >= 0.3 is 0 Å². The van der Waals surface area contributed by atoms with Gasteiger partial charge < -0.3 is 19.8 Å². The van der Waals surface area contributed by atoms with Gasteiger partial charge in [-0.05, 0) is 79.0 Å². The molecule has 1 fully saturated rings. The van der Waals surface area contributed by atoms with E-state index in [0.717, 1.165) is 43.3 Å². The number of hydrogen-bond donors (Lipinski definition) is 2. The van der Waals surface area contributed by atoms with Crippen LogP contribution in [0.4, 0.5) is 0 Å². The van der Waals surface area contributed by atoms with E-state index < -0.39 is 0 Å². The predicted octanol–water partition coefficient (Wildman–Crippen LogP) is 5.41. The Labute approximate surface area is 202 Å². The maximum Gasteiger partial charge on any atom is 0.161 e. The Morgan fingerprint density at radius 2 is 1.85 bits per heavy atom. The highest BCUT2D eigenvalue weighted by molar-refractivity contribution is 5.85. The van der Waals surface area contributed by atoms with Crippen molar-refractivity contribution in [3.05, 3.63) is 58.8 Å². The van der Waals surface area contributed by atoms with Crippen LogP contribution in [0.3, 0.4) is 0 Å². The number of piperidine rings is 1. The fraction of sp³-hybridized carbons (Fsp3) is 0.517. The molecule has 3 aliphatic rings. The van der Waals surface area contributed by atoms with Crippen LogP contribution in [0.2, 0.25) is 0 Å². The number of aromatic amines is 1. The Morgan fingerprint density at radius 1 is 1.03 bits per heavy atom. The third-order valence-electron chi connectivity index (χ3n) is 8.80. The van der Waals surface area contributed by atoms with Gasteiger partial charge in [0, 0.05) is 41.8 Å². The van der Waals surface area contributed by atoms with Gasteiger partial charge in [0.15, 0.2) is 11.5 Å². The van der Waals surface area contributed by atoms with Crippen LogP contribution in [0.1, 0.15) is 60.7 Å². The third kappa shape index (κ3) is 3.61. The first-order valence-corrected chi connectivity index (χ1v) is 13.0. The fourth-order valence-electron chi connectivity index (χ4n) is 7.02. The number of ether oxygens (including phenoxy) is 2. The molecule has 0 radical (unpaired) electrons. The number of aromatic nitrogens is 1. The van der Waals surface area contributed by atoms with Gasteiger partial charge in [0.2, 0.25) is 0 Å². The molecule has 1 aromatic heterocycles. The zero-order chi connectivity index (χ0) is 23.2. The number of benzene rings is 2. The van der Waals surface area contributed by atoms with Gasteiger partial charge in [0.1, 0.15) is 0 Å². The summed E-state index contributed by atoms with van der Waals surface area (Å²) in [6, 6.07) is 14.2. The summed E-state index contributed by atoms with van der Waals surface area (Å²) < 4.78 is 11.3. The smallest absolute Gasteiger partial charge is 0.161 e. The van der Waals surface area contributed by atoms with E-state index in [2.05, 4.69) is 58.5 Å². The van der Waals surface area contributed by atoms with Gasteiger partial charge in [-0.3, -0.25) is 4.90 Å². The molecule has 4 heterocycles. The summed E-state index contributed by atoms with van der Waals surface area (Å²) in [4.78, 5) is 6.52. The highest BCUT2D eigenvalue weighted by Crippen LogP contribution is 2.47. The fourth-order valence-corrected chi connectivity index (χ4v) is 7.02. The van der Waals surface area contributed by atoms with E-state index in [1.807, 2.05) is 0 Å². The van der Waals surface area contributed by atoms with Crippen LogP contribution in [0.15, 0.2) is 36.4 Å². The summed E-state index contributed by atoms with van der Waals surface area (Å²) in [6.07, 6.45) is 5.87. The number of nitrogens with zero attached hydrogens (tertiary/aromatic N) is 1. The normalized spacial score (nSPS) is 26.6. The van der Waals surface area contributed by atoms with Gasteiger partial charge in [-0.15, -0.1) is 0 Å². The van der Waals surface area contributed by atoms with Crippen LogP contribution in [0.25, 0.3) is 10.9 Å². The molecule has 0 bridgehead atoms. The van der Waals surface area contributed by atoms with Gasteiger partial charge in [-0.25, -0.2) is 0 Å². The quantitative estimate of drug-likeness (QED) is 0.536. The summed E-state index contributed by atoms with van der Waals surface area (Å²) in [6.45, 7) is 5.79. The second-order valence-corrected chi connectivity index (χ2v) is 10.4. The van der Waals surface area contributed by atoms with E-state index in [9.17, 15) is 0 Å². The number of methoxy groups -OCH3 is 2. The van der Waals surface area contributed by atoms with Crippen LogP contribution in [0.5, 0.6) is 11.5 Å². The Morgan fingerprint density at radius 3 is 2.68 bits per heavy atom. The molecule has 2 N–H and O–H groups in total. The van der Waals surface area contributed by atoms with Crippen molar-refractivity contribution >= 4 is 10.9 Å². The number of para-hydroxylation sites is 1. The van der Waals surface area contributed by atoms with E-state index in [1.165, 1.54) is 59.1 Å². The number of fused-ring (bicyclic) bond motifs is 6. The maximum atomic E-state index is 5.68. The number of nitrogens with one attached hydrogen (secondary N) is 2.